The molecule has 0 radical (unpaired) electrons. The quantitative estimate of drug-likeness (QED) is 0.758. The van der Waals surface area contributed by atoms with Crippen LogP contribution in [-0.4, -0.2) is 12.7 Å². The number of hydrogen-bond donors (Lipinski definition) is 1. The van der Waals surface area contributed by atoms with Gasteiger partial charge >= 0.3 is 0 Å². The van der Waals surface area contributed by atoms with Gasteiger partial charge in [-0.1, -0.05) is 19.1 Å². The van der Waals surface area contributed by atoms with E-state index in [4.69, 9.17) is 10.6 Å². The molecule has 1 aromatic rings. The fourth-order valence-corrected chi connectivity index (χ4v) is 1.39. The summed E-state index contributed by atoms with van der Waals surface area (Å²) < 4.78 is 5.55. The van der Waals surface area contributed by atoms with E-state index in [0.29, 0.717) is 12.5 Å². The van der Waals surface area contributed by atoms with Crippen LogP contribution in [0.25, 0.3) is 0 Å². The number of ether oxygens (including phenoxy) is 1. The Labute approximate surface area is 91.1 Å². The van der Waals surface area contributed by atoms with Gasteiger partial charge in [0, 0.05) is 5.92 Å². The normalized spacial score (nSPS) is 12.9. The van der Waals surface area contributed by atoms with E-state index in [1.165, 1.54) is 5.56 Å². The Kier molecular flexibility index (Phi) is 4.59. The van der Waals surface area contributed by atoms with Gasteiger partial charge in [-0.05, 0) is 31.5 Å². The van der Waals surface area contributed by atoms with Crippen molar-refractivity contribution >= 4 is 0 Å². The molecule has 3 nitrogen and oxygen atoms in total. The van der Waals surface area contributed by atoms with Crippen molar-refractivity contribution in [3.63, 3.8) is 0 Å². The predicted octanol–water partition coefficient (Wildman–Crippen LogP) is 2.47. The lowest BCUT2D eigenvalue weighted by molar-refractivity contribution is 0.126. The highest BCUT2D eigenvalue weighted by Crippen LogP contribution is 2.19. The standard InChI is InChI=1S/C12H19NO2/c1-9(2)15-12-6-4-11(5-7-12)10(3)8-14-13/h4-7,9-10H,8,13H2,1-3H3. The van der Waals surface area contributed by atoms with Crippen LogP contribution < -0.4 is 10.6 Å². The fraction of sp³-hybridized carbons (Fsp3) is 0.500. The van der Waals surface area contributed by atoms with Crippen LogP contribution in [0.2, 0.25) is 0 Å². The SMILES string of the molecule is CC(C)Oc1ccc(C(C)CON)cc1. The van der Waals surface area contributed by atoms with Gasteiger partial charge in [-0.15, -0.1) is 0 Å². The Balaban J connectivity index is 2.63. The lowest BCUT2D eigenvalue weighted by Gasteiger charge is -2.13. The summed E-state index contributed by atoms with van der Waals surface area (Å²) in [5, 5.41) is 0. The van der Waals surface area contributed by atoms with Crippen molar-refractivity contribution in [2.45, 2.75) is 32.8 Å². The molecule has 1 unspecified atom stereocenters. The molecule has 2 N–H and O–H groups in total. The minimum Gasteiger partial charge on any atom is -0.491 e. The van der Waals surface area contributed by atoms with E-state index in [9.17, 15) is 0 Å². The molecule has 3 heteroatoms. The molecule has 0 spiro atoms. The van der Waals surface area contributed by atoms with Crippen molar-refractivity contribution in [2.24, 2.45) is 5.90 Å². The van der Waals surface area contributed by atoms with Gasteiger partial charge < -0.3 is 9.57 Å². The second-order valence-electron chi connectivity index (χ2n) is 3.97. The molecule has 0 saturated heterocycles. The first kappa shape index (κ1) is 12.0. The minimum atomic E-state index is 0.209. The average molecular weight is 209 g/mol. The number of rotatable bonds is 5. The van der Waals surface area contributed by atoms with E-state index >= 15 is 0 Å². The molecule has 0 saturated carbocycles. The third-order valence-electron chi connectivity index (χ3n) is 2.17. The van der Waals surface area contributed by atoms with Gasteiger partial charge in [0.1, 0.15) is 5.75 Å². The zero-order valence-electron chi connectivity index (χ0n) is 9.57. The van der Waals surface area contributed by atoms with Gasteiger partial charge in [-0.25, -0.2) is 5.90 Å². The first-order chi connectivity index (χ1) is 7.13. The Morgan fingerprint density at radius 3 is 2.20 bits per heavy atom. The van der Waals surface area contributed by atoms with Gasteiger partial charge in [-0.3, -0.25) is 0 Å². The van der Waals surface area contributed by atoms with Gasteiger partial charge in [-0.2, -0.15) is 0 Å². The third-order valence-corrected chi connectivity index (χ3v) is 2.17. The van der Waals surface area contributed by atoms with Crippen molar-refractivity contribution in [1.82, 2.24) is 0 Å². The Morgan fingerprint density at radius 2 is 1.73 bits per heavy atom. The zero-order chi connectivity index (χ0) is 11.3. The fourth-order valence-electron chi connectivity index (χ4n) is 1.39. The molecule has 15 heavy (non-hydrogen) atoms. The van der Waals surface area contributed by atoms with Crippen LogP contribution in [-0.2, 0) is 4.84 Å². The summed E-state index contributed by atoms with van der Waals surface area (Å²) in [5.74, 6) is 6.24. The average Bonchev–Trinajstić information content (AvgIpc) is 2.18. The van der Waals surface area contributed by atoms with Crippen LogP contribution in [0.1, 0.15) is 32.3 Å². The van der Waals surface area contributed by atoms with E-state index in [-0.39, 0.29) is 6.10 Å². The number of hydrogen-bond acceptors (Lipinski definition) is 3. The maximum absolute atomic E-state index is 5.55. The molecule has 0 aromatic heterocycles. The summed E-state index contributed by atoms with van der Waals surface area (Å²) in [7, 11) is 0. The summed E-state index contributed by atoms with van der Waals surface area (Å²) in [4.78, 5) is 4.62. The van der Waals surface area contributed by atoms with Crippen LogP contribution in [0.5, 0.6) is 5.75 Å². The Hall–Kier alpha value is -1.06. The van der Waals surface area contributed by atoms with Crippen molar-refractivity contribution in [1.29, 1.82) is 0 Å². The molecule has 1 aromatic carbocycles. The van der Waals surface area contributed by atoms with Gasteiger partial charge in [0.25, 0.3) is 0 Å². The highest BCUT2D eigenvalue weighted by atomic mass is 16.6. The summed E-state index contributed by atoms with van der Waals surface area (Å²) in [6, 6.07) is 8.04. The van der Waals surface area contributed by atoms with Gasteiger partial charge in [0.15, 0.2) is 0 Å². The molecule has 1 rings (SSSR count). The third kappa shape index (κ3) is 3.90. The second-order valence-corrected chi connectivity index (χ2v) is 3.97. The van der Waals surface area contributed by atoms with Crippen LogP contribution in [0.4, 0.5) is 0 Å². The highest BCUT2D eigenvalue weighted by molar-refractivity contribution is 5.29. The minimum absolute atomic E-state index is 0.209. The first-order valence-electron chi connectivity index (χ1n) is 5.21. The van der Waals surface area contributed by atoms with E-state index in [0.717, 1.165) is 5.75 Å². The molecule has 0 fully saturated rings. The maximum atomic E-state index is 5.55. The maximum Gasteiger partial charge on any atom is 0.119 e. The Morgan fingerprint density at radius 1 is 1.13 bits per heavy atom. The molecule has 0 amide bonds. The van der Waals surface area contributed by atoms with E-state index in [2.05, 4.69) is 11.8 Å². The van der Waals surface area contributed by atoms with Gasteiger partial charge in [0.05, 0.1) is 12.7 Å². The molecule has 0 aliphatic heterocycles. The van der Waals surface area contributed by atoms with Crippen LogP contribution >= 0.6 is 0 Å². The van der Waals surface area contributed by atoms with Gasteiger partial charge in [0.2, 0.25) is 0 Å². The number of nitrogens with two attached hydrogens (primary N) is 1. The summed E-state index contributed by atoms with van der Waals surface area (Å²) in [6.45, 7) is 6.63. The Bertz CT molecular complexity index is 282. The second kappa shape index (κ2) is 5.73. The lowest BCUT2D eigenvalue weighted by atomic mass is 10.0. The molecule has 0 heterocycles. The number of benzene rings is 1. The van der Waals surface area contributed by atoms with Crippen molar-refractivity contribution < 1.29 is 9.57 Å². The summed E-state index contributed by atoms with van der Waals surface area (Å²) in [6.07, 6.45) is 0.209. The molecule has 0 aliphatic carbocycles. The topological polar surface area (TPSA) is 44.5 Å². The van der Waals surface area contributed by atoms with Crippen molar-refractivity contribution in [3.8, 4) is 5.75 Å². The van der Waals surface area contributed by atoms with E-state index in [1.807, 2.05) is 38.1 Å². The van der Waals surface area contributed by atoms with E-state index < -0.39 is 0 Å². The summed E-state index contributed by atoms with van der Waals surface area (Å²) >= 11 is 0. The molecule has 1 atom stereocenters. The van der Waals surface area contributed by atoms with Crippen molar-refractivity contribution in [2.75, 3.05) is 6.61 Å². The highest BCUT2D eigenvalue weighted by Gasteiger charge is 2.05. The molecular weight excluding hydrogens is 190 g/mol. The molecule has 0 aliphatic rings. The predicted molar refractivity (Wildman–Crippen MR) is 60.8 cm³/mol. The first-order valence-corrected chi connectivity index (χ1v) is 5.21. The molecular formula is C12H19NO2. The largest absolute Gasteiger partial charge is 0.491 e. The molecule has 84 valence electrons. The zero-order valence-corrected chi connectivity index (χ0v) is 9.57. The lowest BCUT2D eigenvalue weighted by Crippen LogP contribution is -2.09. The smallest absolute Gasteiger partial charge is 0.119 e. The molecule has 0 bridgehead atoms. The van der Waals surface area contributed by atoms with E-state index in [1.54, 1.807) is 0 Å². The monoisotopic (exact) mass is 209 g/mol. The van der Waals surface area contributed by atoms with Crippen LogP contribution in [0.3, 0.4) is 0 Å². The van der Waals surface area contributed by atoms with Crippen LogP contribution in [0, 0.1) is 0 Å². The van der Waals surface area contributed by atoms with Crippen molar-refractivity contribution in [3.05, 3.63) is 29.8 Å². The van der Waals surface area contributed by atoms with Crippen LogP contribution in [0.15, 0.2) is 24.3 Å². The summed E-state index contributed by atoms with van der Waals surface area (Å²) in [5.41, 5.74) is 1.21.